The summed E-state index contributed by atoms with van der Waals surface area (Å²) in [7, 11) is 0. The molecule has 0 amide bonds. The summed E-state index contributed by atoms with van der Waals surface area (Å²) in [4.78, 5) is 0. The van der Waals surface area contributed by atoms with Crippen LogP contribution in [0.25, 0.3) is 0 Å². The molecule has 0 spiro atoms. The number of aliphatic hydroxyl groups is 1. The zero-order chi connectivity index (χ0) is 8.97. The van der Waals surface area contributed by atoms with Crippen molar-refractivity contribution in [3.8, 4) is 0 Å². The van der Waals surface area contributed by atoms with Gasteiger partial charge in [-0.15, -0.1) is 0 Å². The number of rotatable bonds is 3. The molecule has 2 heteroatoms. The molecular formula is C10H15NO. The van der Waals surface area contributed by atoms with Crippen LogP contribution in [0.5, 0.6) is 0 Å². The Labute approximate surface area is 73.0 Å². The lowest BCUT2D eigenvalue weighted by Gasteiger charge is -2.07. The molecule has 0 heterocycles. The van der Waals surface area contributed by atoms with Gasteiger partial charge in [-0.05, 0) is 17.5 Å². The minimum Gasteiger partial charge on any atom is -0.388 e. The fourth-order valence-electron chi connectivity index (χ4n) is 1.11. The van der Waals surface area contributed by atoms with Crippen molar-refractivity contribution in [1.82, 2.24) is 0 Å². The molecule has 1 rings (SSSR count). The van der Waals surface area contributed by atoms with Crippen molar-refractivity contribution in [1.29, 1.82) is 0 Å². The van der Waals surface area contributed by atoms with Crippen LogP contribution in [0.1, 0.15) is 30.6 Å². The van der Waals surface area contributed by atoms with E-state index in [0.29, 0.717) is 6.54 Å². The Balaban J connectivity index is 2.77. The van der Waals surface area contributed by atoms with Gasteiger partial charge in [0, 0.05) is 6.54 Å². The highest BCUT2D eigenvalue weighted by molar-refractivity contribution is 5.23. The normalized spacial score (nSPS) is 12.9. The molecule has 0 saturated heterocycles. The van der Waals surface area contributed by atoms with E-state index in [1.54, 1.807) is 0 Å². The SMILES string of the molecule is CCC(O)c1ccc(CN)cc1. The molecule has 0 aliphatic heterocycles. The maximum atomic E-state index is 9.46. The molecular weight excluding hydrogens is 150 g/mol. The molecule has 0 bridgehead atoms. The molecule has 0 radical (unpaired) electrons. The first-order valence-corrected chi connectivity index (χ1v) is 4.25. The zero-order valence-corrected chi connectivity index (χ0v) is 7.33. The molecule has 1 aromatic rings. The van der Waals surface area contributed by atoms with Crippen LogP contribution in [0.2, 0.25) is 0 Å². The molecule has 66 valence electrons. The third-order valence-electron chi connectivity index (χ3n) is 1.99. The van der Waals surface area contributed by atoms with Crippen molar-refractivity contribution < 1.29 is 5.11 Å². The van der Waals surface area contributed by atoms with E-state index in [1.807, 2.05) is 31.2 Å². The van der Waals surface area contributed by atoms with Gasteiger partial charge in [-0.1, -0.05) is 31.2 Å². The predicted octanol–water partition coefficient (Wildman–Crippen LogP) is 1.59. The van der Waals surface area contributed by atoms with Crippen LogP contribution in [0.15, 0.2) is 24.3 Å². The van der Waals surface area contributed by atoms with Crippen molar-refractivity contribution >= 4 is 0 Å². The number of hydrogen-bond acceptors (Lipinski definition) is 2. The summed E-state index contributed by atoms with van der Waals surface area (Å²) in [6.07, 6.45) is 0.416. The number of benzene rings is 1. The number of hydrogen-bond donors (Lipinski definition) is 2. The zero-order valence-electron chi connectivity index (χ0n) is 7.33. The van der Waals surface area contributed by atoms with Gasteiger partial charge in [-0.3, -0.25) is 0 Å². The molecule has 1 unspecified atom stereocenters. The van der Waals surface area contributed by atoms with Crippen molar-refractivity contribution in [2.45, 2.75) is 26.0 Å². The average Bonchev–Trinajstić information content (AvgIpc) is 2.17. The van der Waals surface area contributed by atoms with Crippen molar-refractivity contribution in [2.24, 2.45) is 5.73 Å². The second-order valence-corrected chi connectivity index (χ2v) is 2.87. The second kappa shape index (κ2) is 4.24. The van der Waals surface area contributed by atoms with Crippen LogP contribution in [0.4, 0.5) is 0 Å². The summed E-state index contributed by atoms with van der Waals surface area (Å²) in [5.74, 6) is 0. The Morgan fingerprint density at radius 3 is 2.33 bits per heavy atom. The topological polar surface area (TPSA) is 46.2 Å². The second-order valence-electron chi connectivity index (χ2n) is 2.87. The maximum absolute atomic E-state index is 9.46. The third-order valence-corrected chi connectivity index (χ3v) is 1.99. The van der Waals surface area contributed by atoms with Crippen LogP contribution >= 0.6 is 0 Å². The van der Waals surface area contributed by atoms with E-state index in [-0.39, 0.29) is 6.10 Å². The van der Waals surface area contributed by atoms with E-state index < -0.39 is 0 Å². The van der Waals surface area contributed by atoms with E-state index in [9.17, 15) is 5.11 Å². The lowest BCUT2D eigenvalue weighted by atomic mass is 10.1. The Kier molecular flexibility index (Phi) is 3.26. The first-order valence-electron chi connectivity index (χ1n) is 4.25. The highest BCUT2D eigenvalue weighted by Gasteiger charge is 2.02. The van der Waals surface area contributed by atoms with E-state index in [0.717, 1.165) is 17.5 Å². The average molecular weight is 165 g/mol. The third kappa shape index (κ3) is 2.06. The highest BCUT2D eigenvalue weighted by atomic mass is 16.3. The van der Waals surface area contributed by atoms with Gasteiger partial charge in [-0.25, -0.2) is 0 Å². The fourth-order valence-corrected chi connectivity index (χ4v) is 1.11. The maximum Gasteiger partial charge on any atom is 0.0787 e. The van der Waals surface area contributed by atoms with Crippen LogP contribution in [-0.2, 0) is 6.54 Å². The molecule has 2 nitrogen and oxygen atoms in total. The Morgan fingerprint density at radius 1 is 1.33 bits per heavy atom. The molecule has 0 aliphatic carbocycles. The first-order chi connectivity index (χ1) is 5.77. The molecule has 0 aromatic heterocycles. The predicted molar refractivity (Wildman–Crippen MR) is 49.6 cm³/mol. The highest BCUT2D eigenvalue weighted by Crippen LogP contribution is 2.16. The Hall–Kier alpha value is -0.860. The molecule has 0 saturated carbocycles. The van der Waals surface area contributed by atoms with E-state index >= 15 is 0 Å². The number of aliphatic hydroxyl groups excluding tert-OH is 1. The smallest absolute Gasteiger partial charge is 0.0787 e. The van der Waals surface area contributed by atoms with Gasteiger partial charge >= 0.3 is 0 Å². The van der Waals surface area contributed by atoms with Gasteiger partial charge in [-0.2, -0.15) is 0 Å². The van der Waals surface area contributed by atoms with Crippen LogP contribution in [0, 0.1) is 0 Å². The lowest BCUT2D eigenvalue weighted by molar-refractivity contribution is 0.173. The lowest BCUT2D eigenvalue weighted by Crippen LogP contribution is -1.98. The van der Waals surface area contributed by atoms with Crippen molar-refractivity contribution in [3.63, 3.8) is 0 Å². The van der Waals surface area contributed by atoms with Gasteiger partial charge in [0.2, 0.25) is 0 Å². The van der Waals surface area contributed by atoms with Crippen LogP contribution in [-0.4, -0.2) is 5.11 Å². The Morgan fingerprint density at radius 2 is 1.92 bits per heavy atom. The van der Waals surface area contributed by atoms with Gasteiger partial charge in [0.15, 0.2) is 0 Å². The quantitative estimate of drug-likeness (QED) is 0.714. The van der Waals surface area contributed by atoms with E-state index in [2.05, 4.69) is 0 Å². The van der Waals surface area contributed by atoms with Crippen LogP contribution < -0.4 is 5.73 Å². The summed E-state index contributed by atoms with van der Waals surface area (Å²) in [5.41, 5.74) is 7.51. The summed E-state index contributed by atoms with van der Waals surface area (Å²) >= 11 is 0. The van der Waals surface area contributed by atoms with E-state index in [1.165, 1.54) is 0 Å². The fraction of sp³-hybridized carbons (Fsp3) is 0.400. The molecule has 0 aliphatic rings. The molecule has 1 atom stereocenters. The van der Waals surface area contributed by atoms with Crippen LogP contribution in [0.3, 0.4) is 0 Å². The largest absolute Gasteiger partial charge is 0.388 e. The molecule has 3 N–H and O–H groups in total. The summed E-state index contributed by atoms with van der Waals surface area (Å²) in [6.45, 7) is 2.52. The summed E-state index contributed by atoms with van der Waals surface area (Å²) in [6, 6.07) is 7.76. The van der Waals surface area contributed by atoms with Crippen molar-refractivity contribution in [3.05, 3.63) is 35.4 Å². The summed E-state index contributed by atoms with van der Waals surface area (Å²) < 4.78 is 0. The van der Waals surface area contributed by atoms with Gasteiger partial charge in [0.1, 0.15) is 0 Å². The minimum atomic E-state index is -0.336. The molecule has 1 aromatic carbocycles. The monoisotopic (exact) mass is 165 g/mol. The Bertz CT molecular complexity index is 230. The molecule has 0 fully saturated rings. The summed E-state index contributed by atoms with van der Waals surface area (Å²) in [5, 5.41) is 9.46. The van der Waals surface area contributed by atoms with Gasteiger partial charge in [0.25, 0.3) is 0 Å². The first kappa shape index (κ1) is 9.23. The van der Waals surface area contributed by atoms with Gasteiger partial charge in [0.05, 0.1) is 6.10 Å². The molecule has 12 heavy (non-hydrogen) atoms. The van der Waals surface area contributed by atoms with E-state index in [4.69, 9.17) is 5.73 Å². The number of nitrogens with two attached hydrogens (primary N) is 1. The minimum absolute atomic E-state index is 0.336. The van der Waals surface area contributed by atoms with Crippen molar-refractivity contribution in [2.75, 3.05) is 0 Å². The standard InChI is InChI=1S/C10H15NO/c1-2-10(12)9-5-3-8(7-11)4-6-9/h3-6,10,12H,2,7,11H2,1H3. The van der Waals surface area contributed by atoms with Gasteiger partial charge < -0.3 is 10.8 Å².